The molecule has 16 heavy (non-hydrogen) atoms. The summed E-state index contributed by atoms with van der Waals surface area (Å²) in [5.74, 6) is 0. The highest BCUT2D eigenvalue weighted by atomic mass is 14.9. The predicted molar refractivity (Wildman–Crippen MR) is 68.3 cm³/mol. The molecule has 0 saturated carbocycles. The highest BCUT2D eigenvalue weighted by Crippen LogP contribution is 2.19. The largest absolute Gasteiger partial charge is 0.385 e. The molecule has 1 rings (SSSR count). The van der Waals surface area contributed by atoms with E-state index in [0.29, 0.717) is 0 Å². The molecule has 0 spiro atoms. The standard InChI is InChI=1S/C14H20N2/c1-4-12-6-5-7-13(10-12)16-9-8-14(2,3)11-15/h5-7,10,16H,4,8-9H2,1-3H3. The van der Waals surface area contributed by atoms with Gasteiger partial charge in [-0.2, -0.15) is 5.26 Å². The number of nitrogens with one attached hydrogen (secondary N) is 1. The van der Waals surface area contributed by atoms with Crippen LogP contribution in [0.25, 0.3) is 0 Å². The first-order chi connectivity index (χ1) is 7.57. The average molecular weight is 216 g/mol. The molecule has 0 heterocycles. The lowest BCUT2D eigenvalue weighted by Gasteiger charge is -2.15. The van der Waals surface area contributed by atoms with E-state index in [-0.39, 0.29) is 5.41 Å². The fraction of sp³-hybridized carbons (Fsp3) is 0.500. The van der Waals surface area contributed by atoms with E-state index in [4.69, 9.17) is 5.26 Å². The first kappa shape index (κ1) is 12.6. The first-order valence-electron chi connectivity index (χ1n) is 5.81. The molecule has 1 N–H and O–H groups in total. The highest BCUT2D eigenvalue weighted by Gasteiger charge is 2.15. The highest BCUT2D eigenvalue weighted by molar-refractivity contribution is 5.45. The minimum Gasteiger partial charge on any atom is -0.385 e. The first-order valence-corrected chi connectivity index (χ1v) is 5.81. The predicted octanol–water partition coefficient (Wildman–Crippen LogP) is 3.60. The summed E-state index contributed by atoms with van der Waals surface area (Å²) >= 11 is 0. The molecule has 0 bridgehead atoms. The van der Waals surface area contributed by atoms with Crippen molar-refractivity contribution >= 4 is 5.69 Å². The van der Waals surface area contributed by atoms with Crippen LogP contribution < -0.4 is 5.32 Å². The fourth-order valence-electron chi connectivity index (χ4n) is 1.48. The summed E-state index contributed by atoms with van der Waals surface area (Å²) in [6.45, 7) is 6.93. The summed E-state index contributed by atoms with van der Waals surface area (Å²) in [7, 11) is 0. The monoisotopic (exact) mass is 216 g/mol. The van der Waals surface area contributed by atoms with Crippen LogP contribution in [0.1, 0.15) is 32.8 Å². The minimum atomic E-state index is -0.241. The van der Waals surface area contributed by atoms with Gasteiger partial charge >= 0.3 is 0 Å². The maximum absolute atomic E-state index is 8.90. The fourth-order valence-corrected chi connectivity index (χ4v) is 1.48. The molecule has 0 amide bonds. The Morgan fingerprint density at radius 2 is 2.12 bits per heavy atom. The molecule has 0 radical (unpaired) electrons. The van der Waals surface area contributed by atoms with Crippen molar-refractivity contribution in [3.05, 3.63) is 29.8 Å². The zero-order chi connectivity index (χ0) is 12.0. The van der Waals surface area contributed by atoms with Crippen LogP contribution in [0.2, 0.25) is 0 Å². The molecule has 0 fully saturated rings. The van der Waals surface area contributed by atoms with Crippen LogP contribution in [-0.4, -0.2) is 6.54 Å². The van der Waals surface area contributed by atoms with Crippen molar-refractivity contribution in [1.29, 1.82) is 5.26 Å². The number of nitrogens with zero attached hydrogens (tertiary/aromatic N) is 1. The molecule has 1 aromatic rings. The van der Waals surface area contributed by atoms with Gasteiger partial charge in [-0.3, -0.25) is 0 Å². The Hall–Kier alpha value is -1.49. The van der Waals surface area contributed by atoms with Gasteiger partial charge in [0, 0.05) is 12.2 Å². The molecule has 0 saturated heterocycles. The molecule has 0 atom stereocenters. The molecule has 0 unspecified atom stereocenters. The number of anilines is 1. The quantitative estimate of drug-likeness (QED) is 0.816. The lowest BCUT2D eigenvalue weighted by molar-refractivity contribution is 0.466. The van der Waals surface area contributed by atoms with Crippen LogP contribution in [0.3, 0.4) is 0 Å². The normalized spacial score (nSPS) is 10.9. The van der Waals surface area contributed by atoms with Crippen LogP contribution in [0.15, 0.2) is 24.3 Å². The average Bonchev–Trinajstić information content (AvgIpc) is 2.29. The van der Waals surface area contributed by atoms with Crippen LogP contribution in [0.4, 0.5) is 5.69 Å². The van der Waals surface area contributed by atoms with Crippen molar-refractivity contribution in [1.82, 2.24) is 0 Å². The Bertz CT molecular complexity index is 375. The van der Waals surface area contributed by atoms with Crippen molar-refractivity contribution in [2.24, 2.45) is 5.41 Å². The Kier molecular flexibility index (Phi) is 4.37. The number of hydrogen-bond donors (Lipinski definition) is 1. The third-order valence-corrected chi connectivity index (χ3v) is 2.72. The van der Waals surface area contributed by atoms with Crippen molar-refractivity contribution < 1.29 is 0 Å². The molecule has 2 heteroatoms. The summed E-state index contributed by atoms with van der Waals surface area (Å²) in [6, 6.07) is 10.7. The molecule has 2 nitrogen and oxygen atoms in total. The number of aryl methyl sites for hydroxylation is 1. The number of benzene rings is 1. The van der Waals surface area contributed by atoms with Crippen LogP contribution in [0, 0.1) is 16.7 Å². The Morgan fingerprint density at radius 3 is 2.75 bits per heavy atom. The third-order valence-electron chi connectivity index (χ3n) is 2.72. The van der Waals surface area contributed by atoms with Gasteiger partial charge in [0.2, 0.25) is 0 Å². The zero-order valence-corrected chi connectivity index (χ0v) is 10.4. The van der Waals surface area contributed by atoms with Gasteiger partial charge in [-0.05, 0) is 44.4 Å². The second kappa shape index (κ2) is 5.55. The summed E-state index contributed by atoms with van der Waals surface area (Å²) in [4.78, 5) is 0. The molecular weight excluding hydrogens is 196 g/mol. The molecule has 86 valence electrons. The number of hydrogen-bond acceptors (Lipinski definition) is 2. The molecule has 0 aliphatic heterocycles. The van der Waals surface area contributed by atoms with Gasteiger partial charge in [0.1, 0.15) is 0 Å². The summed E-state index contributed by atoms with van der Waals surface area (Å²) in [5, 5.41) is 12.3. The van der Waals surface area contributed by atoms with E-state index < -0.39 is 0 Å². The van der Waals surface area contributed by atoms with Gasteiger partial charge in [0.15, 0.2) is 0 Å². The molecule has 1 aromatic carbocycles. The molecule has 0 aliphatic carbocycles. The van der Waals surface area contributed by atoms with Gasteiger partial charge in [0.25, 0.3) is 0 Å². The van der Waals surface area contributed by atoms with Gasteiger partial charge in [-0.25, -0.2) is 0 Å². The van der Waals surface area contributed by atoms with Gasteiger partial charge < -0.3 is 5.32 Å². The van der Waals surface area contributed by atoms with Crippen molar-refractivity contribution in [3.63, 3.8) is 0 Å². The third kappa shape index (κ3) is 3.94. The smallest absolute Gasteiger partial charge is 0.0684 e. The molecular formula is C14H20N2. The lowest BCUT2D eigenvalue weighted by Crippen LogP contribution is -2.14. The van der Waals surface area contributed by atoms with Crippen LogP contribution in [0.5, 0.6) is 0 Å². The Balaban J connectivity index is 2.46. The molecule has 0 aromatic heterocycles. The maximum Gasteiger partial charge on any atom is 0.0684 e. The maximum atomic E-state index is 8.90. The van der Waals surface area contributed by atoms with Gasteiger partial charge in [-0.1, -0.05) is 19.1 Å². The van der Waals surface area contributed by atoms with E-state index in [1.165, 1.54) is 5.56 Å². The van der Waals surface area contributed by atoms with Crippen LogP contribution >= 0.6 is 0 Å². The van der Waals surface area contributed by atoms with E-state index in [0.717, 1.165) is 25.1 Å². The minimum absolute atomic E-state index is 0.241. The van der Waals surface area contributed by atoms with E-state index in [1.54, 1.807) is 0 Å². The van der Waals surface area contributed by atoms with Gasteiger partial charge in [-0.15, -0.1) is 0 Å². The second-order valence-corrected chi connectivity index (χ2v) is 4.73. The van der Waals surface area contributed by atoms with Crippen molar-refractivity contribution in [3.8, 4) is 6.07 Å². The van der Waals surface area contributed by atoms with E-state index in [2.05, 4.69) is 42.6 Å². The number of rotatable bonds is 5. The Labute approximate surface area is 98.3 Å². The van der Waals surface area contributed by atoms with Gasteiger partial charge in [0.05, 0.1) is 11.5 Å². The van der Waals surface area contributed by atoms with E-state index in [9.17, 15) is 0 Å². The summed E-state index contributed by atoms with van der Waals surface area (Å²) in [6.07, 6.45) is 1.92. The van der Waals surface area contributed by atoms with E-state index in [1.807, 2.05) is 13.8 Å². The van der Waals surface area contributed by atoms with E-state index >= 15 is 0 Å². The Morgan fingerprint density at radius 1 is 1.38 bits per heavy atom. The molecule has 0 aliphatic rings. The van der Waals surface area contributed by atoms with Crippen molar-refractivity contribution in [2.75, 3.05) is 11.9 Å². The SMILES string of the molecule is CCc1cccc(NCCC(C)(C)C#N)c1. The number of nitriles is 1. The van der Waals surface area contributed by atoms with Crippen LogP contribution in [-0.2, 0) is 6.42 Å². The zero-order valence-electron chi connectivity index (χ0n) is 10.4. The second-order valence-electron chi connectivity index (χ2n) is 4.73. The topological polar surface area (TPSA) is 35.8 Å². The summed E-state index contributed by atoms with van der Waals surface area (Å²) in [5.41, 5.74) is 2.24. The summed E-state index contributed by atoms with van der Waals surface area (Å²) < 4.78 is 0. The van der Waals surface area contributed by atoms with Crippen molar-refractivity contribution in [2.45, 2.75) is 33.6 Å². The lowest BCUT2D eigenvalue weighted by atomic mass is 9.91.